The number of nitrogens with zero attached hydrogens (tertiary/aromatic N) is 1. The van der Waals surface area contributed by atoms with Gasteiger partial charge in [-0.05, 0) is 38.8 Å². The summed E-state index contributed by atoms with van der Waals surface area (Å²) in [6.07, 6.45) is 4.65. The molecule has 0 aliphatic heterocycles. The van der Waals surface area contributed by atoms with E-state index < -0.39 is 5.92 Å². The third-order valence-corrected chi connectivity index (χ3v) is 3.97. The first kappa shape index (κ1) is 19.2. The Morgan fingerprint density at radius 1 is 1.04 bits per heavy atom. The third kappa shape index (κ3) is 7.31. The first-order valence-electron chi connectivity index (χ1n) is 8.33. The number of ketones is 2. The standard InChI is InChI=1S/C19H29NO3/c1-15(21)19(16(2)22)12-7-5-6-8-13-23-18-11-9-10-17(14-18)20(3)4/h9-11,14,19H,5-8,12-13H2,1-4H3. The summed E-state index contributed by atoms with van der Waals surface area (Å²) in [7, 11) is 4.02. The van der Waals surface area contributed by atoms with Gasteiger partial charge in [0.25, 0.3) is 0 Å². The summed E-state index contributed by atoms with van der Waals surface area (Å²) in [6, 6.07) is 8.04. The molecule has 0 aliphatic carbocycles. The molecule has 23 heavy (non-hydrogen) atoms. The molecule has 0 amide bonds. The van der Waals surface area contributed by atoms with Crippen LogP contribution in [0.15, 0.2) is 24.3 Å². The Bertz CT molecular complexity index is 497. The average Bonchev–Trinajstić information content (AvgIpc) is 2.49. The summed E-state index contributed by atoms with van der Waals surface area (Å²) >= 11 is 0. The number of hydrogen-bond donors (Lipinski definition) is 0. The van der Waals surface area contributed by atoms with Gasteiger partial charge in [0.1, 0.15) is 17.3 Å². The lowest BCUT2D eigenvalue weighted by Gasteiger charge is -2.14. The summed E-state index contributed by atoms with van der Waals surface area (Å²) in [5, 5.41) is 0. The van der Waals surface area contributed by atoms with Crippen LogP contribution in [0.2, 0.25) is 0 Å². The Kier molecular flexibility index (Phi) is 8.38. The lowest BCUT2D eigenvalue weighted by Crippen LogP contribution is -2.19. The minimum atomic E-state index is -0.403. The zero-order valence-electron chi connectivity index (χ0n) is 14.8. The molecule has 1 rings (SSSR count). The van der Waals surface area contributed by atoms with E-state index in [0.717, 1.165) is 37.1 Å². The Hall–Kier alpha value is -1.84. The highest BCUT2D eigenvalue weighted by molar-refractivity contribution is 6.00. The van der Waals surface area contributed by atoms with Gasteiger partial charge in [-0.25, -0.2) is 0 Å². The van der Waals surface area contributed by atoms with Gasteiger partial charge in [-0.3, -0.25) is 9.59 Å². The van der Waals surface area contributed by atoms with Gasteiger partial charge in [-0.2, -0.15) is 0 Å². The second kappa shape index (κ2) is 10.0. The van der Waals surface area contributed by atoms with Gasteiger partial charge in [0.15, 0.2) is 0 Å². The first-order chi connectivity index (χ1) is 10.9. The summed E-state index contributed by atoms with van der Waals surface area (Å²) in [4.78, 5) is 24.7. The number of rotatable bonds is 11. The van der Waals surface area contributed by atoms with Gasteiger partial charge in [-0.15, -0.1) is 0 Å². The number of unbranched alkanes of at least 4 members (excludes halogenated alkanes) is 3. The molecule has 0 heterocycles. The molecule has 0 spiro atoms. The fraction of sp³-hybridized carbons (Fsp3) is 0.579. The van der Waals surface area contributed by atoms with E-state index in [4.69, 9.17) is 4.74 Å². The normalized spacial score (nSPS) is 10.7. The molecule has 0 unspecified atom stereocenters. The lowest BCUT2D eigenvalue weighted by molar-refractivity contribution is -0.130. The van der Waals surface area contributed by atoms with Crippen LogP contribution in [0.5, 0.6) is 5.75 Å². The third-order valence-electron chi connectivity index (χ3n) is 3.97. The van der Waals surface area contributed by atoms with E-state index in [1.807, 2.05) is 43.3 Å². The number of anilines is 1. The minimum absolute atomic E-state index is 0.0124. The molecule has 1 aromatic rings. The molecule has 0 saturated heterocycles. The van der Waals surface area contributed by atoms with Gasteiger partial charge in [0, 0.05) is 25.8 Å². The van der Waals surface area contributed by atoms with E-state index in [9.17, 15) is 9.59 Å². The van der Waals surface area contributed by atoms with Crippen LogP contribution in [-0.4, -0.2) is 32.3 Å². The smallest absolute Gasteiger partial charge is 0.140 e. The topological polar surface area (TPSA) is 46.6 Å². The Labute approximate surface area is 139 Å². The second-order valence-electron chi connectivity index (χ2n) is 6.22. The van der Waals surface area contributed by atoms with Crippen LogP contribution in [0.3, 0.4) is 0 Å². The van der Waals surface area contributed by atoms with Crippen LogP contribution in [0.25, 0.3) is 0 Å². The number of ether oxygens (including phenoxy) is 1. The summed E-state index contributed by atoms with van der Waals surface area (Å²) in [6.45, 7) is 3.70. The Morgan fingerprint density at radius 2 is 1.70 bits per heavy atom. The van der Waals surface area contributed by atoms with E-state index in [1.54, 1.807) is 0 Å². The summed E-state index contributed by atoms with van der Waals surface area (Å²) in [5.74, 6) is 0.465. The largest absolute Gasteiger partial charge is 0.494 e. The van der Waals surface area contributed by atoms with E-state index >= 15 is 0 Å². The van der Waals surface area contributed by atoms with Crippen molar-refractivity contribution in [1.82, 2.24) is 0 Å². The monoisotopic (exact) mass is 319 g/mol. The predicted octanol–water partition coefficient (Wildman–Crippen LogP) is 3.88. The number of hydrogen-bond acceptors (Lipinski definition) is 4. The SMILES string of the molecule is CC(=O)C(CCCCCCOc1cccc(N(C)C)c1)C(C)=O. The minimum Gasteiger partial charge on any atom is -0.494 e. The van der Waals surface area contributed by atoms with Gasteiger partial charge in [0.05, 0.1) is 12.5 Å². The zero-order valence-corrected chi connectivity index (χ0v) is 14.8. The van der Waals surface area contributed by atoms with Crippen molar-refractivity contribution < 1.29 is 14.3 Å². The molecule has 0 fully saturated rings. The van der Waals surface area contributed by atoms with E-state index in [2.05, 4.69) is 0 Å². The lowest BCUT2D eigenvalue weighted by atomic mass is 9.94. The fourth-order valence-corrected chi connectivity index (χ4v) is 2.54. The van der Waals surface area contributed by atoms with Crippen LogP contribution in [0.4, 0.5) is 5.69 Å². The first-order valence-corrected chi connectivity index (χ1v) is 8.33. The number of carbonyl (C=O) groups is 2. The van der Waals surface area contributed by atoms with Crippen molar-refractivity contribution in [3.05, 3.63) is 24.3 Å². The van der Waals surface area contributed by atoms with Crippen LogP contribution in [0, 0.1) is 5.92 Å². The molecular formula is C19H29NO3. The molecule has 128 valence electrons. The maximum Gasteiger partial charge on any atom is 0.140 e. The van der Waals surface area contributed by atoms with Crippen molar-refractivity contribution >= 4 is 17.3 Å². The molecule has 0 aromatic heterocycles. The molecule has 1 aromatic carbocycles. The molecular weight excluding hydrogens is 290 g/mol. The van der Waals surface area contributed by atoms with Gasteiger partial charge < -0.3 is 9.64 Å². The molecule has 4 heteroatoms. The van der Waals surface area contributed by atoms with Crippen LogP contribution >= 0.6 is 0 Å². The average molecular weight is 319 g/mol. The van der Waals surface area contributed by atoms with Crippen molar-refractivity contribution in [1.29, 1.82) is 0 Å². The van der Waals surface area contributed by atoms with E-state index in [1.165, 1.54) is 13.8 Å². The highest BCUT2D eigenvalue weighted by atomic mass is 16.5. The molecule has 0 aliphatic rings. The van der Waals surface area contributed by atoms with Crippen molar-refractivity contribution in [2.24, 2.45) is 5.92 Å². The second-order valence-corrected chi connectivity index (χ2v) is 6.22. The van der Waals surface area contributed by atoms with Crippen molar-refractivity contribution in [3.8, 4) is 5.75 Å². The summed E-state index contributed by atoms with van der Waals surface area (Å²) in [5.41, 5.74) is 1.13. The predicted molar refractivity (Wildman–Crippen MR) is 94.2 cm³/mol. The number of Topliss-reactive ketones (excluding diaryl/α,β-unsaturated/α-hetero) is 2. The van der Waals surface area contributed by atoms with E-state index in [0.29, 0.717) is 13.0 Å². The molecule has 0 atom stereocenters. The Balaban J connectivity index is 2.17. The molecule has 0 radical (unpaired) electrons. The summed E-state index contributed by atoms with van der Waals surface area (Å²) < 4.78 is 5.77. The van der Waals surface area contributed by atoms with Crippen LogP contribution in [-0.2, 0) is 9.59 Å². The van der Waals surface area contributed by atoms with Crippen LogP contribution < -0.4 is 9.64 Å². The van der Waals surface area contributed by atoms with Crippen molar-refractivity contribution in [2.45, 2.75) is 46.0 Å². The van der Waals surface area contributed by atoms with Gasteiger partial charge in [0.2, 0.25) is 0 Å². The quantitative estimate of drug-likeness (QED) is 0.459. The maximum atomic E-state index is 11.3. The number of carbonyl (C=O) groups excluding carboxylic acids is 2. The van der Waals surface area contributed by atoms with Crippen molar-refractivity contribution in [3.63, 3.8) is 0 Å². The highest BCUT2D eigenvalue weighted by Gasteiger charge is 2.18. The molecule has 0 bridgehead atoms. The van der Waals surface area contributed by atoms with E-state index in [-0.39, 0.29) is 11.6 Å². The number of benzene rings is 1. The molecule has 4 nitrogen and oxygen atoms in total. The Morgan fingerprint density at radius 3 is 2.30 bits per heavy atom. The fourth-order valence-electron chi connectivity index (χ4n) is 2.54. The molecule has 0 saturated carbocycles. The van der Waals surface area contributed by atoms with Gasteiger partial charge in [-0.1, -0.05) is 25.3 Å². The maximum absolute atomic E-state index is 11.3. The molecule has 0 N–H and O–H groups in total. The van der Waals surface area contributed by atoms with Crippen LogP contribution in [0.1, 0.15) is 46.0 Å². The van der Waals surface area contributed by atoms with Gasteiger partial charge >= 0.3 is 0 Å². The zero-order chi connectivity index (χ0) is 17.2. The highest BCUT2D eigenvalue weighted by Crippen LogP contribution is 2.20. The van der Waals surface area contributed by atoms with Crippen molar-refractivity contribution in [2.75, 3.05) is 25.6 Å².